The molecule has 1 amide bonds. The molecule has 2 rings (SSSR count). The van der Waals surface area contributed by atoms with Gasteiger partial charge in [-0.1, -0.05) is 18.5 Å². The van der Waals surface area contributed by atoms with Gasteiger partial charge >= 0.3 is 0 Å². The predicted octanol–water partition coefficient (Wildman–Crippen LogP) is 2.43. The third-order valence-electron chi connectivity index (χ3n) is 3.85. The number of carbonyl (C=O) groups excluding carboxylic acids is 1. The van der Waals surface area contributed by atoms with Crippen molar-refractivity contribution in [1.82, 2.24) is 14.8 Å². The highest BCUT2D eigenvalue weighted by Crippen LogP contribution is 2.18. The van der Waals surface area contributed by atoms with E-state index in [2.05, 4.69) is 23.7 Å². The van der Waals surface area contributed by atoms with Crippen LogP contribution in [0.1, 0.15) is 30.6 Å². The molecule has 1 fully saturated rings. The van der Waals surface area contributed by atoms with Crippen LogP contribution in [0.4, 0.5) is 4.39 Å². The van der Waals surface area contributed by atoms with Gasteiger partial charge in [-0.05, 0) is 19.4 Å². The van der Waals surface area contributed by atoms with Crippen LogP contribution in [0.3, 0.4) is 0 Å². The van der Waals surface area contributed by atoms with Gasteiger partial charge in [0.15, 0.2) is 0 Å². The number of piperazine rings is 1. The standard InChI is InChI=1S/C14H19ClFN3O/c1-3-10(2)18-4-6-19(7-5-18)14(20)12-8-11(16)9-17-13(12)15/h8-10H,3-7H2,1-2H3. The molecule has 1 aliphatic rings. The molecule has 1 unspecified atom stereocenters. The fourth-order valence-electron chi connectivity index (χ4n) is 2.37. The van der Waals surface area contributed by atoms with E-state index in [4.69, 9.17) is 11.6 Å². The lowest BCUT2D eigenvalue weighted by atomic mass is 10.1. The first-order chi connectivity index (χ1) is 9.52. The van der Waals surface area contributed by atoms with Crippen molar-refractivity contribution < 1.29 is 9.18 Å². The minimum Gasteiger partial charge on any atom is -0.336 e. The number of hydrogen-bond acceptors (Lipinski definition) is 3. The molecule has 0 N–H and O–H groups in total. The summed E-state index contributed by atoms with van der Waals surface area (Å²) in [5.74, 6) is -0.790. The summed E-state index contributed by atoms with van der Waals surface area (Å²) in [4.78, 5) is 20.1. The summed E-state index contributed by atoms with van der Waals surface area (Å²) in [7, 11) is 0. The van der Waals surface area contributed by atoms with Crippen molar-refractivity contribution in [3.05, 3.63) is 28.8 Å². The quantitative estimate of drug-likeness (QED) is 0.804. The number of carbonyl (C=O) groups is 1. The first-order valence-electron chi connectivity index (χ1n) is 6.87. The van der Waals surface area contributed by atoms with Crippen LogP contribution in [-0.2, 0) is 0 Å². The molecule has 1 saturated heterocycles. The van der Waals surface area contributed by atoms with Gasteiger partial charge in [-0.15, -0.1) is 0 Å². The van der Waals surface area contributed by atoms with Crippen molar-refractivity contribution in [2.75, 3.05) is 26.2 Å². The van der Waals surface area contributed by atoms with Crippen molar-refractivity contribution in [2.24, 2.45) is 0 Å². The summed E-state index contributed by atoms with van der Waals surface area (Å²) in [5, 5.41) is 0.0563. The molecule has 6 heteroatoms. The Morgan fingerprint density at radius 3 is 2.70 bits per heavy atom. The van der Waals surface area contributed by atoms with Gasteiger partial charge in [-0.3, -0.25) is 9.69 Å². The number of nitrogens with zero attached hydrogens (tertiary/aromatic N) is 3. The summed E-state index contributed by atoms with van der Waals surface area (Å²) in [6.07, 6.45) is 2.10. The molecule has 1 aromatic rings. The zero-order valence-corrected chi connectivity index (χ0v) is 12.5. The molecule has 0 saturated carbocycles. The minimum absolute atomic E-state index is 0.0563. The lowest BCUT2D eigenvalue weighted by molar-refractivity contribution is 0.0579. The minimum atomic E-state index is -0.545. The Balaban J connectivity index is 2.03. The average molecular weight is 300 g/mol. The number of hydrogen-bond donors (Lipinski definition) is 0. The second-order valence-electron chi connectivity index (χ2n) is 5.08. The Hall–Kier alpha value is -1.20. The van der Waals surface area contributed by atoms with Crippen LogP contribution in [0.5, 0.6) is 0 Å². The van der Waals surface area contributed by atoms with Crippen molar-refractivity contribution in [1.29, 1.82) is 0 Å². The zero-order chi connectivity index (χ0) is 14.7. The van der Waals surface area contributed by atoms with Gasteiger partial charge in [0.05, 0.1) is 11.8 Å². The molecule has 20 heavy (non-hydrogen) atoms. The average Bonchev–Trinajstić information content (AvgIpc) is 2.48. The second kappa shape index (κ2) is 6.50. The van der Waals surface area contributed by atoms with Gasteiger partial charge in [0, 0.05) is 32.2 Å². The van der Waals surface area contributed by atoms with E-state index in [0.717, 1.165) is 31.8 Å². The van der Waals surface area contributed by atoms with Crippen LogP contribution in [0, 0.1) is 5.82 Å². The highest BCUT2D eigenvalue weighted by Gasteiger charge is 2.25. The van der Waals surface area contributed by atoms with Crippen LogP contribution in [0.2, 0.25) is 5.15 Å². The number of rotatable bonds is 3. The van der Waals surface area contributed by atoms with E-state index in [-0.39, 0.29) is 16.6 Å². The molecule has 1 aromatic heterocycles. The number of amides is 1. The van der Waals surface area contributed by atoms with E-state index in [1.807, 2.05) is 0 Å². The summed E-state index contributed by atoms with van der Waals surface area (Å²) in [6.45, 7) is 7.28. The van der Waals surface area contributed by atoms with Crippen LogP contribution in [0.25, 0.3) is 0 Å². The predicted molar refractivity (Wildman–Crippen MR) is 76.4 cm³/mol. The maximum absolute atomic E-state index is 13.2. The van der Waals surface area contributed by atoms with E-state index in [0.29, 0.717) is 19.1 Å². The third-order valence-corrected chi connectivity index (χ3v) is 4.15. The van der Waals surface area contributed by atoms with Crippen LogP contribution < -0.4 is 0 Å². The normalized spacial score (nSPS) is 18.1. The van der Waals surface area contributed by atoms with E-state index < -0.39 is 5.82 Å². The Kier molecular flexibility index (Phi) is 4.94. The number of halogens is 2. The number of aromatic nitrogens is 1. The molecular formula is C14H19ClFN3O. The first kappa shape index (κ1) is 15.2. The van der Waals surface area contributed by atoms with Gasteiger partial charge in [0.25, 0.3) is 5.91 Å². The molecule has 0 bridgehead atoms. The van der Waals surface area contributed by atoms with E-state index in [1.54, 1.807) is 4.90 Å². The van der Waals surface area contributed by atoms with Crippen LogP contribution >= 0.6 is 11.6 Å². The molecule has 1 atom stereocenters. The monoisotopic (exact) mass is 299 g/mol. The topological polar surface area (TPSA) is 36.4 Å². The summed E-state index contributed by atoms with van der Waals surface area (Å²) < 4.78 is 13.2. The van der Waals surface area contributed by atoms with Gasteiger partial charge in [0.1, 0.15) is 11.0 Å². The fourth-order valence-corrected chi connectivity index (χ4v) is 2.55. The number of pyridine rings is 1. The molecule has 0 aromatic carbocycles. The fraction of sp³-hybridized carbons (Fsp3) is 0.571. The molecule has 0 spiro atoms. The molecule has 4 nitrogen and oxygen atoms in total. The summed E-state index contributed by atoms with van der Waals surface area (Å²) in [6, 6.07) is 1.67. The summed E-state index contributed by atoms with van der Waals surface area (Å²) >= 11 is 5.88. The third kappa shape index (κ3) is 3.27. The first-order valence-corrected chi connectivity index (χ1v) is 7.25. The zero-order valence-electron chi connectivity index (χ0n) is 11.8. The maximum atomic E-state index is 13.2. The van der Waals surface area contributed by atoms with Gasteiger partial charge in [0.2, 0.25) is 0 Å². The highest BCUT2D eigenvalue weighted by atomic mass is 35.5. The molecule has 0 radical (unpaired) electrons. The summed E-state index contributed by atoms with van der Waals surface area (Å²) in [5.41, 5.74) is 0.142. The van der Waals surface area contributed by atoms with Crippen molar-refractivity contribution in [2.45, 2.75) is 26.3 Å². The molecule has 0 aliphatic carbocycles. The Bertz CT molecular complexity index is 489. The molecule has 110 valence electrons. The molecule has 1 aliphatic heterocycles. The van der Waals surface area contributed by atoms with Gasteiger partial charge in [-0.25, -0.2) is 9.37 Å². The van der Waals surface area contributed by atoms with E-state index in [1.165, 1.54) is 0 Å². The largest absolute Gasteiger partial charge is 0.336 e. The van der Waals surface area contributed by atoms with Crippen LogP contribution in [-0.4, -0.2) is 52.9 Å². The lowest BCUT2D eigenvalue weighted by Gasteiger charge is -2.37. The Morgan fingerprint density at radius 1 is 1.45 bits per heavy atom. The van der Waals surface area contributed by atoms with Crippen LogP contribution in [0.15, 0.2) is 12.3 Å². The van der Waals surface area contributed by atoms with Gasteiger partial charge in [-0.2, -0.15) is 0 Å². The van der Waals surface area contributed by atoms with Crippen molar-refractivity contribution in [3.8, 4) is 0 Å². The Morgan fingerprint density at radius 2 is 2.10 bits per heavy atom. The maximum Gasteiger partial charge on any atom is 0.257 e. The van der Waals surface area contributed by atoms with E-state index >= 15 is 0 Å². The van der Waals surface area contributed by atoms with Crippen molar-refractivity contribution >= 4 is 17.5 Å². The second-order valence-corrected chi connectivity index (χ2v) is 5.44. The lowest BCUT2D eigenvalue weighted by Crippen LogP contribution is -2.51. The van der Waals surface area contributed by atoms with E-state index in [9.17, 15) is 9.18 Å². The van der Waals surface area contributed by atoms with Gasteiger partial charge < -0.3 is 4.90 Å². The molecule has 2 heterocycles. The molecular weight excluding hydrogens is 281 g/mol. The Labute approximate surface area is 123 Å². The van der Waals surface area contributed by atoms with Crippen molar-refractivity contribution in [3.63, 3.8) is 0 Å². The highest BCUT2D eigenvalue weighted by molar-refractivity contribution is 6.32. The smallest absolute Gasteiger partial charge is 0.257 e. The SMILES string of the molecule is CCC(C)N1CCN(C(=O)c2cc(F)cnc2Cl)CC1.